The number of hydrogen-bond acceptors (Lipinski definition) is 3. The van der Waals surface area contributed by atoms with E-state index < -0.39 is 0 Å². The van der Waals surface area contributed by atoms with Gasteiger partial charge in [-0.25, -0.2) is 0 Å². The van der Waals surface area contributed by atoms with Crippen LogP contribution in [0.25, 0.3) is 0 Å². The van der Waals surface area contributed by atoms with E-state index in [4.69, 9.17) is 0 Å². The zero-order valence-corrected chi connectivity index (χ0v) is 20.0. The molecule has 0 spiro atoms. The van der Waals surface area contributed by atoms with E-state index in [-0.39, 0.29) is 5.91 Å². The molecule has 2 aliphatic rings. The molecular formula is C27H39N3O. The average Bonchev–Trinajstić information content (AvgIpc) is 2.75. The van der Waals surface area contributed by atoms with Gasteiger partial charge in [-0.2, -0.15) is 0 Å². The van der Waals surface area contributed by atoms with E-state index in [1.165, 1.54) is 43.4 Å². The van der Waals surface area contributed by atoms with Crippen LogP contribution >= 0.6 is 0 Å². The van der Waals surface area contributed by atoms with Crippen molar-refractivity contribution >= 4 is 11.6 Å². The number of dihydropyridines is 1. The third-order valence-corrected chi connectivity index (χ3v) is 6.81. The van der Waals surface area contributed by atoms with Gasteiger partial charge in [0.2, 0.25) is 0 Å². The number of nitrogens with one attached hydrogen (secondary N) is 2. The first kappa shape index (κ1) is 23.2. The molecule has 0 bridgehead atoms. The van der Waals surface area contributed by atoms with Crippen molar-refractivity contribution in [2.75, 3.05) is 18.0 Å². The number of carbonyl (C=O) groups is 1. The van der Waals surface area contributed by atoms with Crippen LogP contribution in [0.3, 0.4) is 0 Å². The molecule has 1 aliphatic heterocycles. The molecule has 4 nitrogen and oxygen atoms in total. The average molecular weight is 422 g/mol. The summed E-state index contributed by atoms with van der Waals surface area (Å²) in [6.07, 6.45) is 9.48. The summed E-state index contributed by atoms with van der Waals surface area (Å²) in [6, 6.07) is 4.96. The fraction of sp³-hybridized carbons (Fsp3) is 0.519. The minimum absolute atomic E-state index is 0.00637. The Bertz CT molecular complexity index is 903. The second-order valence-corrected chi connectivity index (χ2v) is 8.99. The summed E-state index contributed by atoms with van der Waals surface area (Å²) in [5.74, 6) is -0.00637. The lowest BCUT2D eigenvalue weighted by atomic mass is 9.92. The molecule has 0 atom stereocenters. The second kappa shape index (κ2) is 10.2. The molecule has 3 rings (SSSR count). The summed E-state index contributed by atoms with van der Waals surface area (Å²) in [5.41, 5.74) is 8.49. The van der Waals surface area contributed by atoms with Crippen molar-refractivity contribution in [3.63, 3.8) is 0 Å². The molecular weight excluding hydrogens is 382 g/mol. The lowest BCUT2D eigenvalue weighted by Crippen LogP contribution is -2.37. The van der Waals surface area contributed by atoms with Crippen LogP contribution in [0, 0.1) is 6.92 Å². The Morgan fingerprint density at radius 2 is 1.87 bits per heavy atom. The highest BCUT2D eigenvalue weighted by Crippen LogP contribution is 2.32. The highest BCUT2D eigenvalue weighted by Gasteiger charge is 2.24. The van der Waals surface area contributed by atoms with Gasteiger partial charge in [0.05, 0.1) is 0 Å². The highest BCUT2D eigenvalue weighted by molar-refractivity contribution is 5.97. The zero-order valence-electron chi connectivity index (χ0n) is 20.0. The first-order valence-corrected chi connectivity index (χ1v) is 11.9. The van der Waals surface area contributed by atoms with Gasteiger partial charge in [0.1, 0.15) is 0 Å². The first-order chi connectivity index (χ1) is 14.8. The molecule has 0 aromatic heterocycles. The summed E-state index contributed by atoms with van der Waals surface area (Å²) in [5, 5.41) is 6.43. The molecule has 1 saturated carbocycles. The van der Waals surface area contributed by atoms with Gasteiger partial charge in [0.15, 0.2) is 0 Å². The number of benzene rings is 1. The van der Waals surface area contributed by atoms with Gasteiger partial charge in [-0.3, -0.25) is 4.79 Å². The van der Waals surface area contributed by atoms with Crippen molar-refractivity contribution in [2.45, 2.75) is 79.2 Å². The summed E-state index contributed by atoms with van der Waals surface area (Å²) in [4.78, 5) is 15.8. The van der Waals surface area contributed by atoms with Crippen molar-refractivity contribution in [2.24, 2.45) is 0 Å². The van der Waals surface area contributed by atoms with Gasteiger partial charge >= 0.3 is 0 Å². The highest BCUT2D eigenvalue weighted by atomic mass is 16.1. The lowest BCUT2D eigenvalue weighted by molar-refractivity contribution is 0.0956. The van der Waals surface area contributed by atoms with Gasteiger partial charge in [-0.15, -0.1) is 0 Å². The van der Waals surface area contributed by atoms with Crippen LogP contribution in [0.1, 0.15) is 81.3 Å². The molecule has 4 heteroatoms. The molecule has 1 heterocycles. The summed E-state index contributed by atoms with van der Waals surface area (Å²) >= 11 is 0. The van der Waals surface area contributed by atoms with E-state index in [1.807, 2.05) is 6.92 Å². The molecule has 0 radical (unpaired) electrons. The fourth-order valence-electron chi connectivity index (χ4n) is 5.02. The Kier molecular flexibility index (Phi) is 7.64. The van der Waals surface area contributed by atoms with Crippen LogP contribution in [0.15, 0.2) is 47.3 Å². The van der Waals surface area contributed by atoms with Crippen molar-refractivity contribution in [1.82, 2.24) is 10.6 Å². The maximum Gasteiger partial charge on any atom is 0.251 e. The Balaban J connectivity index is 1.86. The van der Waals surface area contributed by atoms with Crippen molar-refractivity contribution in [3.8, 4) is 0 Å². The summed E-state index contributed by atoms with van der Waals surface area (Å²) in [7, 11) is 0. The van der Waals surface area contributed by atoms with E-state index in [0.717, 1.165) is 46.6 Å². The molecule has 1 aliphatic carbocycles. The Labute approximate surface area is 188 Å². The minimum Gasteiger partial charge on any atom is -0.369 e. The topological polar surface area (TPSA) is 44.4 Å². The maximum absolute atomic E-state index is 13.3. The first-order valence-electron chi connectivity index (χ1n) is 11.9. The summed E-state index contributed by atoms with van der Waals surface area (Å²) in [6.45, 7) is 16.2. The van der Waals surface area contributed by atoms with E-state index >= 15 is 0 Å². The van der Waals surface area contributed by atoms with Gasteiger partial charge in [-0.05, 0) is 87.4 Å². The Hall–Kier alpha value is -2.49. The number of amides is 1. The number of hydrogen-bond donors (Lipinski definition) is 2. The molecule has 1 amide bonds. The molecule has 1 aromatic carbocycles. The van der Waals surface area contributed by atoms with Crippen LogP contribution in [-0.2, 0) is 6.42 Å². The number of carbonyl (C=O) groups excluding carboxylic acids is 1. The van der Waals surface area contributed by atoms with Crippen LogP contribution in [0.2, 0.25) is 0 Å². The predicted octanol–water partition coefficient (Wildman–Crippen LogP) is 5.78. The predicted molar refractivity (Wildman–Crippen MR) is 132 cm³/mol. The van der Waals surface area contributed by atoms with Crippen molar-refractivity contribution in [1.29, 1.82) is 0 Å². The number of rotatable bonds is 7. The van der Waals surface area contributed by atoms with Gasteiger partial charge in [0.25, 0.3) is 5.91 Å². The molecule has 31 heavy (non-hydrogen) atoms. The molecule has 168 valence electrons. The smallest absolute Gasteiger partial charge is 0.251 e. The Morgan fingerprint density at radius 3 is 2.48 bits per heavy atom. The van der Waals surface area contributed by atoms with E-state index in [9.17, 15) is 4.79 Å². The second-order valence-electron chi connectivity index (χ2n) is 8.99. The van der Waals surface area contributed by atoms with E-state index in [0.29, 0.717) is 12.6 Å². The molecule has 0 saturated heterocycles. The number of allylic oxidation sites excluding steroid dienone is 3. The van der Waals surface area contributed by atoms with Crippen LogP contribution in [0.4, 0.5) is 5.69 Å². The van der Waals surface area contributed by atoms with E-state index in [2.05, 4.69) is 68.0 Å². The normalized spacial score (nSPS) is 17.3. The molecule has 1 fully saturated rings. The summed E-state index contributed by atoms with van der Waals surface area (Å²) < 4.78 is 0. The van der Waals surface area contributed by atoms with Gasteiger partial charge in [0, 0.05) is 41.8 Å². The molecule has 0 unspecified atom stereocenters. The van der Waals surface area contributed by atoms with Crippen LogP contribution < -0.4 is 15.5 Å². The fourth-order valence-corrected chi connectivity index (χ4v) is 5.02. The maximum atomic E-state index is 13.3. The van der Waals surface area contributed by atoms with Gasteiger partial charge < -0.3 is 15.5 Å². The van der Waals surface area contributed by atoms with Crippen LogP contribution in [-0.4, -0.2) is 25.0 Å². The Morgan fingerprint density at radius 1 is 1.16 bits per heavy atom. The molecule has 1 aromatic rings. The standard InChI is InChI=1S/C27H39N3O/c1-7-22-15-24(27(31)28-17-25-18(3)14-19(4)29-21(25)6)20(5)26(16-22)30(8-2)23-12-10-9-11-13-23/h14-16,23,29H,6-13,17H2,1-5H3,(H,28,31). The number of aryl methyl sites for hydroxylation is 1. The van der Waals surface area contributed by atoms with Crippen molar-refractivity contribution in [3.05, 3.63) is 64.0 Å². The largest absolute Gasteiger partial charge is 0.369 e. The monoisotopic (exact) mass is 421 g/mol. The van der Waals surface area contributed by atoms with E-state index in [1.54, 1.807) is 0 Å². The third-order valence-electron chi connectivity index (χ3n) is 6.81. The third kappa shape index (κ3) is 5.23. The SMILES string of the molecule is C=C1NC(C)=CC(C)=C1CNC(=O)c1cc(CC)cc(N(CC)C2CCCCC2)c1C. The number of nitrogens with zero attached hydrogens (tertiary/aromatic N) is 1. The van der Waals surface area contributed by atoms with Crippen molar-refractivity contribution < 1.29 is 4.79 Å². The van der Waals surface area contributed by atoms with Gasteiger partial charge in [-0.1, -0.05) is 32.8 Å². The lowest BCUT2D eigenvalue weighted by Gasteiger charge is -2.37. The zero-order chi connectivity index (χ0) is 22.5. The molecule has 2 N–H and O–H groups in total. The minimum atomic E-state index is -0.00637. The number of anilines is 1. The quantitative estimate of drug-likeness (QED) is 0.586. The van der Waals surface area contributed by atoms with Crippen LogP contribution in [0.5, 0.6) is 0 Å².